The zero-order valence-corrected chi connectivity index (χ0v) is 19.2. The van der Waals surface area contributed by atoms with Crippen LogP contribution >= 0.6 is 22.9 Å². The van der Waals surface area contributed by atoms with Gasteiger partial charge in [0, 0.05) is 28.0 Å². The van der Waals surface area contributed by atoms with Gasteiger partial charge in [-0.05, 0) is 53.6 Å². The Hall–Kier alpha value is -2.63. The molecule has 3 aromatic rings. The molecule has 164 valence electrons. The highest BCUT2D eigenvalue weighted by molar-refractivity contribution is 7.10. The van der Waals surface area contributed by atoms with Gasteiger partial charge in [0.1, 0.15) is 0 Å². The van der Waals surface area contributed by atoms with E-state index in [4.69, 9.17) is 11.6 Å². The number of nitrogens with zero attached hydrogens (tertiary/aromatic N) is 1. The Balaban J connectivity index is 1.54. The zero-order chi connectivity index (χ0) is 22.1. The molecule has 32 heavy (non-hydrogen) atoms. The number of amides is 2. The monoisotopic (exact) mass is 464 g/mol. The van der Waals surface area contributed by atoms with Gasteiger partial charge in [-0.15, -0.1) is 11.3 Å². The molecular formula is C26H25ClN2O2S. The molecule has 0 radical (unpaired) electrons. The Bertz CT molecular complexity index is 1120. The second kappa shape index (κ2) is 9.08. The lowest BCUT2D eigenvalue weighted by Crippen LogP contribution is -2.50. The summed E-state index contributed by atoms with van der Waals surface area (Å²) in [5, 5.41) is 5.79. The van der Waals surface area contributed by atoms with Crippen LogP contribution in [0.2, 0.25) is 5.02 Å². The fourth-order valence-corrected chi connectivity index (χ4v) is 6.20. The van der Waals surface area contributed by atoms with Gasteiger partial charge in [0.2, 0.25) is 5.91 Å². The van der Waals surface area contributed by atoms with Gasteiger partial charge in [-0.25, -0.2) is 0 Å². The predicted molar refractivity (Wildman–Crippen MR) is 128 cm³/mol. The molecule has 1 aromatic heterocycles. The number of hydrogen-bond acceptors (Lipinski definition) is 3. The number of carbonyl (C=O) groups excluding carboxylic acids is 2. The minimum atomic E-state index is -0.456. The summed E-state index contributed by atoms with van der Waals surface area (Å²) in [6.07, 6.45) is 4.23. The van der Waals surface area contributed by atoms with Crippen molar-refractivity contribution in [2.45, 2.75) is 50.2 Å². The first-order chi connectivity index (χ1) is 15.6. The molecule has 2 aliphatic rings. The fraction of sp³-hybridized carbons (Fsp3) is 0.308. The van der Waals surface area contributed by atoms with Gasteiger partial charge in [0.15, 0.2) is 0 Å². The molecule has 1 fully saturated rings. The van der Waals surface area contributed by atoms with E-state index in [-0.39, 0.29) is 23.9 Å². The van der Waals surface area contributed by atoms with Crippen LogP contribution in [-0.4, -0.2) is 22.8 Å². The number of halogens is 1. The van der Waals surface area contributed by atoms with Gasteiger partial charge in [-0.1, -0.05) is 60.8 Å². The Morgan fingerprint density at radius 3 is 2.62 bits per heavy atom. The number of rotatable bonds is 5. The summed E-state index contributed by atoms with van der Waals surface area (Å²) in [5.41, 5.74) is 2.41. The molecule has 1 aliphatic heterocycles. The molecule has 4 nitrogen and oxygen atoms in total. The highest BCUT2D eigenvalue weighted by atomic mass is 35.5. The summed E-state index contributed by atoms with van der Waals surface area (Å²) in [6, 6.07) is 19.0. The maximum Gasteiger partial charge on any atom is 0.254 e. The Labute approximate surface area is 197 Å². The van der Waals surface area contributed by atoms with Crippen LogP contribution in [0.4, 0.5) is 0 Å². The highest BCUT2D eigenvalue weighted by Crippen LogP contribution is 2.47. The maximum atomic E-state index is 13.7. The Morgan fingerprint density at radius 1 is 1.06 bits per heavy atom. The average Bonchev–Trinajstić information content (AvgIpc) is 3.52. The SMILES string of the molecule is O=C(NCc1cccc(Cl)c1)[C@@H]1c2ccccc2C(=O)N(C2CCCC2)[C@@H]1c1cccs1. The number of fused-ring (bicyclic) bond motifs is 1. The molecular weight excluding hydrogens is 440 g/mol. The zero-order valence-electron chi connectivity index (χ0n) is 17.7. The van der Waals surface area contributed by atoms with Crippen molar-refractivity contribution in [1.29, 1.82) is 0 Å². The van der Waals surface area contributed by atoms with Crippen molar-refractivity contribution in [3.8, 4) is 0 Å². The van der Waals surface area contributed by atoms with E-state index in [1.165, 1.54) is 0 Å². The normalized spacial score (nSPS) is 20.9. The van der Waals surface area contributed by atoms with Crippen LogP contribution in [0.5, 0.6) is 0 Å². The molecule has 1 saturated carbocycles. The van der Waals surface area contributed by atoms with Crippen molar-refractivity contribution in [3.05, 3.63) is 92.6 Å². The molecule has 1 aliphatic carbocycles. The van der Waals surface area contributed by atoms with E-state index in [9.17, 15) is 9.59 Å². The molecule has 6 heteroatoms. The first-order valence-corrected chi connectivity index (χ1v) is 12.4. The van der Waals surface area contributed by atoms with Crippen molar-refractivity contribution >= 4 is 34.8 Å². The van der Waals surface area contributed by atoms with Crippen LogP contribution in [-0.2, 0) is 11.3 Å². The van der Waals surface area contributed by atoms with Crippen LogP contribution in [0.1, 0.15) is 64.0 Å². The lowest BCUT2D eigenvalue weighted by atomic mass is 9.80. The molecule has 0 saturated heterocycles. The first-order valence-electron chi connectivity index (χ1n) is 11.1. The van der Waals surface area contributed by atoms with E-state index in [1.54, 1.807) is 11.3 Å². The molecule has 0 unspecified atom stereocenters. The van der Waals surface area contributed by atoms with Gasteiger partial charge in [-0.2, -0.15) is 0 Å². The van der Waals surface area contributed by atoms with Crippen LogP contribution in [0, 0.1) is 0 Å². The second-order valence-corrected chi connectivity index (χ2v) is 9.94. The quantitative estimate of drug-likeness (QED) is 0.507. The largest absolute Gasteiger partial charge is 0.351 e. The number of nitrogens with one attached hydrogen (secondary N) is 1. The summed E-state index contributed by atoms with van der Waals surface area (Å²) >= 11 is 7.73. The topological polar surface area (TPSA) is 49.4 Å². The van der Waals surface area contributed by atoms with Crippen molar-refractivity contribution < 1.29 is 9.59 Å². The highest BCUT2D eigenvalue weighted by Gasteiger charge is 2.47. The van der Waals surface area contributed by atoms with E-state index < -0.39 is 5.92 Å². The molecule has 2 aromatic carbocycles. The third kappa shape index (κ3) is 3.96. The Morgan fingerprint density at radius 2 is 1.88 bits per heavy atom. The first kappa shape index (κ1) is 21.2. The number of thiophene rings is 1. The van der Waals surface area contributed by atoms with E-state index in [0.717, 1.165) is 41.7 Å². The van der Waals surface area contributed by atoms with Crippen LogP contribution in [0.25, 0.3) is 0 Å². The van der Waals surface area contributed by atoms with Gasteiger partial charge >= 0.3 is 0 Å². The molecule has 0 spiro atoms. The molecule has 2 atom stereocenters. The summed E-state index contributed by atoms with van der Waals surface area (Å²) in [4.78, 5) is 30.5. The number of benzene rings is 2. The standard InChI is InChI=1S/C26H25ClN2O2S/c27-18-8-5-7-17(15-18)16-28-25(30)23-20-11-3-4-12-21(20)26(31)29(19-9-1-2-10-19)24(23)22-13-6-14-32-22/h3-8,11-15,19,23-24H,1-2,9-10,16H2,(H,28,30)/t23-,24-/m1/s1. The molecule has 2 amide bonds. The van der Waals surface area contributed by atoms with Crippen molar-refractivity contribution in [3.63, 3.8) is 0 Å². The fourth-order valence-electron chi connectivity index (χ4n) is 5.13. The summed E-state index contributed by atoms with van der Waals surface area (Å²) in [5.74, 6) is -0.474. The minimum absolute atomic E-state index is 0.0461. The van der Waals surface area contributed by atoms with Gasteiger partial charge in [0.05, 0.1) is 12.0 Å². The third-order valence-corrected chi connectivity index (χ3v) is 7.75. The molecule has 1 N–H and O–H groups in total. The molecule has 5 rings (SSSR count). The van der Waals surface area contributed by atoms with Crippen molar-refractivity contribution in [1.82, 2.24) is 10.2 Å². The van der Waals surface area contributed by atoms with Gasteiger partial charge in [0.25, 0.3) is 5.91 Å². The van der Waals surface area contributed by atoms with Crippen molar-refractivity contribution in [2.75, 3.05) is 0 Å². The summed E-state index contributed by atoms with van der Waals surface area (Å²) in [7, 11) is 0. The van der Waals surface area contributed by atoms with Crippen LogP contribution in [0.15, 0.2) is 66.0 Å². The number of hydrogen-bond donors (Lipinski definition) is 1. The van der Waals surface area contributed by atoms with E-state index in [2.05, 4.69) is 11.4 Å². The second-order valence-electron chi connectivity index (χ2n) is 8.52. The summed E-state index contributed by atoms with van der Waals surface area (Å²) in [6.45, 7) is 0.395. The smallest absolute Gasteiger partial charge is 0.254 e. The Kier molecular flexibility index (Phi) is 6.03. The average molecular weight is 465 g/mol. The maximum absolute atomic E-state index is 13.7. The van der Waals surface area contributed by atoms with Crippen molar-refractivity contribution in [2.24, 2.45) is 0 Å². The third-order valence-electron chi connectivity index (χ3n) is 6.57. The van der Waals surface area contributed by atoms with Gasteiger partial charge < -0.3 is 10.2 Å². The predicted octanol–water partition coefficient (Wildman–Crippen LogP) is 5.94. The van der Waals surface area contributed by atoms with Crippen LogP contribution in [0.3, 0.4) is 0 Å². The molecule has 0 bridgehead atoms. The van der Waals surface area contributed by atoms with E-state index >= 15 is 0 Å². The minimum Gasteiger partial charge on any atom is -0.351 e. The van der Waals surface area contributed by atoms with E-state index in [0.29, 0.717) is 17.1 Å². The van der Waals surface area contributed by atoms with Gasteiger partial charge in [-0.3, -0.25) is 9.59 Å². The number of carbonyl (C=O) groups is 2. The summed E-state index contributed by atoms with van der Waals surface area (Å²) < 4.78 is 0. The van der Waals surface area contributed by atoms with E-state index in [1.807, 2.05) is 64.9 Å². The lowest BCUT2D eigenvalue weighted by Gasteiger charge is -2.44. The molecule has 2 heterocycles. The lowest BCUT2D eigenvalue weighted by molar-refractivity contribution is -0.124. The van der Waals surface area contributed by atoms with Crippen LogP contribution < -0.4 is 5.32 Å².